The van der Waals surface area contributed by atoms with Gasteiger partial charge in [0.1, 0.15) is 11.9 Å². The normalized spacial score (nSPS) is 27.3. The Morgan fingerprint density at radius 3 is 2.74 bits per heavy atom. The molecule has 3 saturated heterocycles. The quantitative estimate of drug-likeness (QED) is 0.779. The second-order valence-corrected chi connectivity index (χ2v) is 6.74. The lowest BCUT2D eigenvalue weighted by atomic mass is 10.2. The maximum atomic E-state index is 13.6. The summed E-state index contributed by atoms with van der Waals surface area (Å²) in [6, 6.07) is 4.13. The standard InChI is InChI=1S/C16H17ClFN3O2/c17-12-4-3-10(8-13(12)18)19-7-5-11(9-19)21-15(22)14-2-1-6-20(14)16(21)23/h3-4,8,11,14H,1-2,5-7,9H2/t11-,14+/m1/s1. The maximum absolute atomic E-state index is 13.6. The molecule has 0 bridgehead atoms. The van der Waals surface area contributed by atoms with Gasteiger partial charge in [0.05, 0.1) is 11.1 Å². The highest BCUT2D eigenvalue weighted by Crippen LogP contribution is 2.32. The summed E-state index contributed by atoms with van der Waals surface area (Å²) in [7, 11) is 0. The van der Waals surface area contributed by atoms with Crippen LogP contribution in [0.4, 0.5) is 14.9 Å². The summed E-state index contributed by atoms with van der Waals surface area (Å²) < 4.78 is 13.6. The number of urea groups is 1. The molecule has 3 aliphatic rings. The van der Waals surface area contributed by atoms with Gasteiger partial charge in [0, 0.05) is 25.3 Å². The molecule has 5 nitrogen and oxygen atoms in total. The minimum Gasteiger partial charge on any atom is -0.369 e. The SMILES string of the molecule is O=C1[C@@H]2CCCN2C(=O)N1[C@@H]1CCN(c2ccc(Cl)c(F)c2)C1. The van der Waals surface area contributed by atoms with E-state index in [0.29, 0.717) is 26.1 Å². The Balaban J connectivity index is 1.51. The minimum atomic E-state index is -0.457. The van der Waals surface area contributed by atoms with E-state index in [9.17, 15) is 14.0 Å². The number of carbonyl (C=O) groups is 2. The molecule has 2 atom stereocenters. The van der Waals surface area contributed by atoms with Crippen molar-refractivity contribution in [1.29, 1.82) is 0 Å². The first-order chi connectivity index (χ1) is 11.1. The molecular weight excluding hydrogens is 321 g/mol. The van der Waals surface area contributed by atoms with E-state index in [2.05, 4.69) is 0 Å². The van der Waals surface area contributed by atoms with Crippen LogP contribution in [0.25, 0.3) is 0 Å². The predicted octanol–water partition coefficient (Wildman–Crippen LogP) is 2.48. The van der Waals surface area contributed by atoms with E-state index in [1.807, 2.05) is 4.90 Å². The van der Waals surface area contributed by atoms with E-state index >= 15 is 0 Å². The minimum absolute atomic E-state index is 0.0679. The number of anilines is 1. The molecule has 0 spiro atoms. The van der Waals surface area contributed by atoms with Crippen molar-refractivity contribution in [2.75, 3.05) is 24.5 Å². The van der Waals surface area contributed by atoms with Gasteiger partial charge < -0.3 is 9.80 Å². The first kappa shape index (κ1) is 14.8. The number of imide groups is 1. The molecule has 0 N–H and O–H groups in total. The molecule has 3 heterocycles. The fourth-order valence-corrected chi connectivity index (χ4v) is 3.97. The second-order valence-electron chi connectivity index (χ2n) is 6.33. The average molecular weight is 338 g/mol. The molecule has 0 radical (unpaired) electrons. The van der Waals surface area contributed by atoms with Crippen LogP contribution in [0, 0.1) is 5.82 Å². The van der Waals surface area contributed by atoms with Gasteiger partial charge in [-0.05, 0) is 37.5 Å². The van der Waals surface area contributed by atoms with Crippen LogP contribution in [0.3, 0.4) is 0 Å². The number of hydrogen-bond acceptors (Lipinski definition) is 3. The Hall–Kier alpha value is -1.82. The Morgan fingerprint density at radius 2 is 2.00 bits per heavy atom. The number of hydrogen-bond donors (Lipinski definition) is 0. The van der Waals surface area contributed by atoms with Crippen molar-refractivity contribution in [2.24, 2.45) is 0 Å². The summed E-state index contributed by atoms with van der Waals surface area (Å²) in [5.41, 5.74) is 0.731. The molecule has 4 rings (SSSR count). The van der Waals surface area contributed by atoms with Gasteiger partial charge in [0.15, 0.2) is 0 Å². The summed E-state index contributed by atoms with van der Waals surface area (Å²) >= 11 is 5.72. The number of amides is 3. The lowest BCUT2D eigenvalue weighted by Crippen LogP contribution is -2.43. The van der Waals surface area contributed by atoms with Crippen molar-refractivity contribution in [3.05, 3.63) is 29.0 Å². The van der Waals surface area contributed by atoms with Crippen molar-refractivity contribution >= 4 is 29.2 Å². The summed E-state index contributed by atoms with van der Waals surface area (Å²) in [5.74, 6) is -0.525. The summed E-state index contributed by atoms with van der Waals surface area (Å²) in [6.45, 7) is 1.90. The van der Waals surface area contributed by atoms with Gasteiger partial charge in [-0.15, -0.1) is 0 Å². The zero-order valence-corrected chi connectivity index (χ0v) is 13.3. The van der Waals surface area contributed by atoms with Crippen LogP contribution in [-0.2, 0) is 4.79 Å². The lowest BCUT2D eigenvalue weighted by molar-refractivity contribution is -0.129. The van der Waals surface area contributed by atoms with Crippen LogP contribution in [0.15, 0.2) is 18.2 Å². The van der Waals surface area contributed by atoms with Crippen LogP contribution >= 0.6 is 11.6 Å². The second kappa shape index (κ2) is 5.37. The highest BCUT2D eigenvalue weighted by molar-refractivity contribution is 6.30. The molecule has 0 unspecified atom stereocenters. The number of benzene rings is 1. The topological polar surface area (TPSA) is 43.9 Å². The molecule has 0 aromatic heterocycles. The molecular formula is C16H17ClFN3O2. The van der Waals surface area contributed by atoms with Gasteiger partial charge in [0.2, 0.25) is 0 Å². The van der Waals surface area contributed by atoms with Crippen molar-refractivity contribution < 1.29 is 14.0 Å². The molecule has 3 amide bonds. The van der Waals surface area contributed by atoms with Crippen LogP contribution in [0.5, 0.6) is 0 Å². The van der Waals surface area contributed by atoms with Crippen molar-refractivity contribution in [1.82, 2.24) is 9.80 Å². The average Bonchev–Trinajstić information content (AvgIpc) is 3.22. The van der Waals surface area contributed by atoms with E-state index in [1.165, 1.54) is 17.0 Å². The third kappa shape index (κ3) is 2.27. The van der Waals surface area contributed by atoms with Gasteiger partial charge >= 0.3 is 6.03 Å². The molecule has 0 saturated carbocycles. The zero-order valence-electron chi connectivity index (χ0n) is 12.5. The van der Waals surface area contributed by atoms with Gasteiger partial charge in [-0.1, -0.05) is 11.6 Å². The summed E-state index contributed by atoms with van der Waals surface area (Å²) in [4.78, 5) is 30.1. The van der Waals surface area contributed by atoms with Crippen molar-refractivity contribution in [3.8, 4) is 0 Å². The molecule has 3 fully saturated rings. The third-order valence-electron chi connectivity index (χ3n) is 5.02. The Labute approximate surface area is 138 Å². The number of fused-ring (bicyclic) bond motifs is 1. The largest absolute Gasteiger partial charge is 0.369 e. The summed E-state index contributed by atoms with van der Waals surface area (Å²) in [5, 5.41) is 0.0926. The predicted molar refractivity (Wildman–Crippen MR) is 84.0 cm³/mol. The van der Waals surface area contributed by atoms with E-state index in [4.69, 9.17) is 11.6 Å². The van der Waals surface area contributed by atoms with Crippen molar-refractivity contribution in [3.63, 3.8) is 0 Å². The highest BCUT2D eigenvalue weighted by atomic mass is 35.5. The number of rotatable bonds is 2. The molecule has 3 aliphatic heterocycles. The fraction of sp³-hybridized carbons (Fsp3) is 0.500. The molecule has 122 valence electrons. The third-order valence-corrected chi connectivity index (χ3v) is 5.33. The van der Waals surface area contributed by atoms with Crippen LogP contribution < -0.4 is 4.90 Å². The number of carbonyl (C=O) groups excluding carboxylic acids is 2. The Kier molecular flexibility index (Phi) is 3.44. The molecule has 1 aromatic carbocycles. The Morgan fingerprint density at radius 1 is 1.17 bits per heavy atom. The van der Waals surface area contributed by atoms with Gasteiger partial charge in [-0.25, -0.2) is 9.18 Å². The first-order valence-corrected chi connectivity index (χ1v) is 8.28. The zero-order chi connectivity index (χ0) is 16.1. The molecule has 23 heavy (non-hydrogen) atoms. The molecule has 0 aliphatic carbocycles. The van der Waals surface area contributed by atoms with E-state index in [-0.39, 0.29) is 29.0 Å². The highest BCUT2D eigenvalue weighted by Gasteiger charge is 2.50. The van der Waals surface area contributed by atoms with Crippen LogP contribution in [0.2, 0.25) is 5.02 Å². The Bertz CT molecular complexity index is 661. The fourth-order valence-electron chi connectivity index (χ4n) is 3.85. The van der Waals surface area contributed by atoms with Gasteiger partial charge in [-0.2, -0.15) is 0 Å². The summed E-state index contributed by atoms with van der Waals surface area (Å²) in [6.07, 6.45) is 2.37. The first-order valence-electron chi connectivity index (χ1n) is 7.90. The van der Waals surface area contributed by atoms with E-state index in [0.717, 1.165) is 18.5 Å². The molecule has 7 heteroatoms. The van der Waals surface area contributed by atoms with Gasteiger partial charge in [0.25, 0.3) is 5.91 Å². The monoisotopic (exact) mass is 337 g/mol. The molecule has 1 aromatic rings. The van der Waals surface area contributed by atoms with Crippen LogP contribution in [0.1, 0.15) is 19.3 Å². The maximum Gasteiger partial charge on any atom is 0.327 e. The lowest BCUT2D eigenvalue weighted by Gasteiger charge is -2.24. The van der Waals surface area contributed by atoms with E-state index in [1.54, 1.807) is 11.0 Å². The van der Waals surface area contributed by atoms with Crippen molar-refractivity contribution in [2.45, 2.75) is 31.3 Å². The van der Waals surface area contributed by atoms with E-state index < -0.39 is 5.82 Å². The number of halogens is 2. The smallest absolute Gasteiger partial charge is 0.327 e. The van der Waals surface area contributed by atoms with Crippen LogP contribution in [-0.4, -0.2) is 53.5 Å². The van der Waals surface area contributed by atoms with Gasteiger partial charge in [-0.3, -0.25) is 9.69 Å². The number of nitrogens with zero attached hydrogens (tertiary/aromatic N) is 3.